The van der Waals surface area contributed by atoms with Crippen LogP contribution in [0.25, 0.3) is 0 Å². The Kier molecular flexibility index (Phi) is 5.29. The molecule has 23 heavy (non-hydrogen) atoms. The minimum Gasteiger partial charge on any atom is -0.493 e. The smallest absolute Gasteiger partial charge is 0.387 e. The van der Waals surface area contributed by atoms with E-state index in [4.69, 9.17) is 9.47 Å². The summed E-state index contributed by atoms with van der Waals surface area (Å²) in [6, 6.07) is 9.89. The van der Waals surface area contributed by atoms with Crippen molar-refractivity contribution in [3.05, 3.63) is 58.1 Å². The molecule has 0 atom stereocenters. The number of ether oxygens (including phenoxy) is 3. The summed E-state index contributed by atoms with van der Waals surface area (Å²) < 4.78 is 39.0. The van der Waals surface area contributed by atoms with Crippen LogP contribution in [0.2, 0.25) is 0 Å². The molecule has 2 rings (SSSR count). The highest BCUT2D eigenvalue weighted by molar-refractivity contribution is 5.48. The van der Waals surface area contributed by atoms with Gasteiger partial charge in [-0.3, -0.25) is 10.1 Å². The van der Waals surface area contributed by atoms with Gasteiger partial charge in [0.25, 0.3) is 5.69 Å². The van der Waals surface area contributed by atoms with Crippen LogP contribution in [0.15, 0.2) is 42.5 Å². The van der Waals surface area contributed by atoms with Gasteiger partial charge in [-0.1, -0.05) is 12.1 Å². The fourth-order valence-corrected chi connectivity index (χ4v) is 1.82. The standard InChI is InChI=1S/C15H13F2NO5/c1-21-13-7-4-11(18(19)20)8-14(13)22-9-10-2-5-12(6-3-10)23-15(16)17/h2-8,15H,9H2,1H3. The van der Waals surface area contributed by atoms with Gasteiger partial charge < -0.3 is 14.2 Å². The molecule has 0 heterocycles. The van der Waals surface area contributed by atoms with E-state index in [2.05, 4.69) is 4.74 Å². The summed E-state index contributed by atoms with van der Waals surface area (Å²) in [5, 5.41) is 10.8. The van der Waals surface area contributed by atoms with Crippen LogP contribution < -0.4 is 14.2 Å². The van der Waals surface area contributed by atoms with Gasteiger partial charge in [0, 0.05) is 6.07 Å². The van der Waals surface area contributed by atoms with Crippen LogP contribution >= 0.6 is 0 Å². The van der Waals surface area contributed by atoms with E-state index in [1.165, 1.54) is 37.4 Å². The predicted molar refractivity (Wildman–Crippen MR) is 77.1 cm³/mol. The number of non-ortho nitro benzene ring substituents is 1. The number of hydrogen-bond acceptors (Lipinski definition) is 5. The van der Waals surface area contributed by atoms with Crippen LogP contribution in [0, 0.1) is 10.1 Å². The summed E-state index contributed by atoms with van der Waals surface area (Å²) >= 11 is 0. The second-order valence-electron chi connectivity index (χ2n) is 4.40. The summed E-state index contributed by atoms with van der Waals surface area (Å²) in [5.41, 5.74) is 0.557. The number of benzene rings is 2. The third-order valence-corrected chi connectivity index (χ3v) is 2.90. The topological polar surface area (TPSA) is 70.8 Å². The molecular weight excluding hydrogens is 312 g/mol. The lowest BCUT2D eigenvalue weighted by Crippen LogP contribution is -2.02. The number of halogens is 2. The Hall–Kier alpha value is -2.90. The zero-order valence-corrected chi connectivity index (χ0v) is 12.1. The molecular formula is C15H13F2NO5. The lowest BCUT2D eigenvalue weighted by Gasteiger charge is -2.11. The molecule has 6 nitrogen and oxygen atoms in total. The van der Waals surface area contributed by atoms with Crippen molar-refractivity contribution in [3.63, 3.8) is 0 Å². The second-order valence-corrected chi connectivity index (χ2v) is 4.40. The number of nitrogens with zero attached hydrogens (tertiary/aromatic N) is 1. The van der Waals surface area contributed by atoms with Crippen LogP contribution in [0.4, 0.5) is 14.5 Å². The molecule has 8 heteroatoms. The lowest BCUT2D eigenvalue weighted by atomic mass is 10.2. The highest BCUT2D eigenvalue weighted by Gasteiger charge is 2.12. The molecule has 0 spiro atoms. The maximum atomic E-state index is 12.1. The van der Waals surface area contributed by atoms with Crippen molar-refractivity contribution in [2.45, 2.75) is 13.2 Å². The Morgan fingerprint density at radius 3 is 2.39 bits per heavy atom. The Balaban J connectivity index is 2.07. The number of hydrogen-bond donors (Lipinski definition) is 0. The molecule has 0 fully saturated rings. The Morgan fingerprint density at radius 1 is 1.13 bits per heavy atom. The van der Waals surface area contributed by atoms with Crippen molar-refractivity contribution < 1.29 is 27.9 Å². The van der Waals surface area contributed by atoms with Gasteiger partial charge in [-0.25, -0.2) is 0 Å². The highest BCUT2D eigenvalue weighted by atomic mass is 19.3. The number of nitro benzene ring substituents is 1. The van der Waals surface area contributed by atoms with Gasteiger partial charge in [-0.15, -0.1) is 0 Å². The van der Waals surface area contributed by atoms with E-state index in [9.17, 15) is 18.9 Å². The van der Waals surface area contributed by atoms with Crippen LogP contribution in [-0.2, 0) is 6.61 Å². The van der Waals surface area contributed by atoms with Crippen LogP contribution in [0.5, 0.6) is 17.2 Å². The number of alkyl halides is 2. The molecule has 0 N–H and O–H groups in total. The quantitative estimate of drug-likeness (QED) is 0.572. The third kappa shape index (κ3) is 4.53. The maximum Gasteiger partial charge on any atom is 0.387 e. The summed E-state index contributed by atoms with van der Waals surface area (Å²) in [7, 11) is 1.42. The normalized spacial score (nSPS) is 10.4. The molecule has 2 aromatic carbocycles. The first-order valence-electron chi connectivity index (χ1n) is 6.48. The molecule has 0 aromatic heterocycles. The van der Waals surface area contributed by atoms with Crippen molar-refractivity contribution >= 4 is 5.69 Å². The average molecular weight is 325 g/mol. The fourth-order valence-electron chi connectivity index (χ4n) is 1.82. The van der Waals surface area contributed by atoms with Gasteiger partial charge in [0.15, 0.2) is 11.5 Å². The number of nitro groups is 1. The van der Waals surface area contributed by atoms with Gasteiger partial charge in [-0.05, 0) is 23.8 Å². The lowest BCUT2D eigenvalue weighted by molar-refractivity contribution is -0.385. The van der Waals surface area contributed by atoms with E-state index < -0.39 is 11.5 Å². The minimum atomic E-state index is -2.88. The molecule has 0 saturated heterocycles. The van der Waals surface area contributed by atoms with E-state index in [1.54, 1.807) is 12.1 Å². The van der Waals surface area contributed by atoms with E-state index in [1.807, 2.05) is 0 Å². The minimum absolute atomic E-state index is 0.0386. The number of methoxy groups -OCH3 is 1. The summed E-state index contributed by atoms with van der Waals surface area (Å²) in [6.45, 7) is -2.79. The predicted octanol–water partition coefficient (Wildman–Crippen LogP) is 3.78. The highest BCUT2D eigenvalue weighted by Crippen LogP contribution is 2.31. The molecule has 0 saturated carbocycles. The molecule has 122 valence electrons. The molecule has 0 unspecified atom stereocenters. The number of rotatable bonds is 7. The van der Waals surface area contributed by atoms with Crippen molar-refractivity contribution in [1.29, 1.82) is 0 Å². The van der Waals surface area contributed by atoms with Crippen LogP contribution in [0.3, 0.4) is 0 Å². The molecule has 0 aliphatic rings. The Morgan fingerprint density at radius 2 is 1.83 bits per heavy atom. The van der Waals surface area contributed by atoms with E-state index >= 15 is 0 Å². The first kappa shape index (κ1) is 16.5. The van der Waals surface area contributed by atoms with E-state index in [0.717, 1.165) is 0 Å². The van der Waals surface area contributed by atoms with Gasteiger partial charge >= 0.3 is 6.61 Å². The monoisotopic (exact) mass is 325 g/mol. The molecule has 0 aliphatic carbocycles. The molecule has 0 amide bonds. The van der Waals surface area contributed by atoms with E-state index in [0.29, 0.717) is 11.3 Å². The zero-order valence-electron chi connectivity index (χ0n) is 12.1. The fraction of sp³-hybridized carbons (Fsp3) is 0.200. The molecule has 2 aromatic rings. The first-order chi connectivity index (χ1) is 11.0. The summed E-state index contributed by atoms with van der Waals surface area (Å²) in [5.74, 6) is 0.611. The Labute approximate surface area is 130 Å². The first-order valence-corrected chi connectivity index (χ1v) is 6.48. The van der Waals surface area contributed by atoms with Crippen molar-refractivity contribution in [2.24, 2.45) is 0 Å². The zero-order chi connectivity index (χ0) is 16.8. The van der Waals surface area contributed by atoms with Gasteiger partial charge in [0.2, 0.25) is 0 Å². The van der Waals surface area contributed by atoms with E-state index in [-0.39, 0.29) is 23.8 Å². The third-order valence-electron chi connectivity index (χ3n) is 2.90. The van der Waals surface area contributed by atoms with Crippen LogP contribution in [-0.4, -0.2) is 18.6 Å². The summed E-state index contributed by atoms with van der Waals surface area (Å²) in [4.78, 5) is 10.2. The molecule has 0 bridgehead atoms. The van der Waals surface area contributed by atoms with Gasteiger partial charge in [0.1, 0.15) is 12.4 Å². The molecule has 0 radical (unpaired) electrons. The van der Waals surface area contributed by atoms with Crippen LogP contribution in [0.1, 0.15) is 5.56 Å². The average Bonchev–Trinajstić information content (AvgIpc) is 2.53. The van der Waals surface area contributed by atoms with Crippen molar-refractivity contribution in [3.8, 4) is 17.2 Å². The maximum absolute atomic E-state index is 12.1. The molecule has 0 aliphatic heterocycles. The van der Waals surface area contributed by atoms with Crippen molar-refractivity contribution in [1.82, 2.24) is 0 Å². The van der Waals surface area contributed by atoms with Crippen molar-refractivity contribution in [2.75, 3.05) is 7.11 Å². The second kappa shape index (κ2) is 7.39. The van der Waals surface area contributed by atoms with Gasteiger partial charge in [-0.2, -0.15) is 8.78 Å². The largest absolute Gasteiger partial charge is 0.493 e. The summed E-state index contributed by atoms with van der Waals surface area (Å²) in [6.07, 6.45) is 0. The van der Waals surface area contributed by atoms with Gasteiger partial charge in [0.05, 0.1) is 18.1 Å². The Bertz CT molecular complexity index is 676. The SMILES string of the molecule is COc1ccc([N+](=O)[O-])cc1OCc1ccc(OC(F)F)cc1.